The molecule has 1 aromatic carbocycles. The fourth-order valence-corrected chi connectivity index (χ4v) is 1.91. The summed E-state index contributed by atoms with van der Waals surface area (Å²) >= 11 is 0. The Labute approximate surface area is 112 Å². The summed E-state index contributed by atoms with van der Waals surface area (Å²) in [6.45, 7) is 2.62. The van der Waals surface area contributed by atoms with E-state index in [4.69, 9.17) is 9.84 Å². The Hall–Kier alpha value is -1.62. The zero-order valence-corrected chi connectivity index (χ0v) is 11.3. The van der Waals surface area contributed by atoms with Crippen LogP contribution in [0.3, 0.4) is 0 Å². The molecule has 0 aliphatic heterocycles. The third-order valence-corrected chi connectivity index (χ3v) is 2.89. The van der Waals surface area contributed by atoms with Crippen LogP contribution in [0.15, 0.2) is 18.2 Å². The lowest BCUT2D eigenvalue weighted by atomic mass is 10.0. The predicted octanol–water partition coefficient (Wildman–Crippen LogP) is 2.22. The number of methoxy groups -OCH3 is 1. The van der Waals surface area contributed by atoms with Gasteiger partial charge >= 0.3 is 5.97 Å². The van der Waals surface area contributed by atoms with E-state index in [2.05, 4.69) is 5.32 Å². The van der Waals surface area contributed by atoms with E-state index in [1.165, 1.54) is 13.2 Å². The van der Waals surface area contributed by atoms with Crippen molar-refractivity contribution in [2.24, 2.45) is 0 Å². The van der Waals surface area contributed by atoms with Crippen LogP contribution >= 0.6 is 0 Å². The molecular formula is C14H20FNO3. The van der Waals surface area contributed by atoms with Crippen LogP contribution in [0.25, 0.3) is 0 Å². The van der Waals surface area contributed by atoms with Gasteiger partial charge in [0.2, 0.25) is 0 Å². The molecule has 4 nitrogen and oxygen atoms in total. The number of carbonyl (C=O) groups is 1. The lowest BCUT2D eigenvalue weighted by Gasteiger charge is -2.15. The number of benzene rings is 1. The largest absolute Gasteiger partial charge is 0.493 e. The van der Waals surface area contributed by atoms with Crippen LogP contribution in [0.5, 0.6) is 5.75 Å². The molecule has 0 saturated heterocycles. The number of carboxylic acid groups (broad SMARTS) is 1. The van der Waals surface area contributed by atoms with Crippen LogP contribution in [-0.2, 0) is 11.2 Å². The molecule has 0 fully saturated rings. The molecular weight excluding hydrogens is 249 g/mol. The molecule has 0 heterocycles. The Balaban J connectivity index is 2.68. The number of halogens is 1. The summed E-state index contributed by atoms with van der Waals surface area (Å²) in [6.07, 6.45) is 1.72. The number of carboxylic acids is 1. The third kappa shape index (κ3) is 4.52. The van der Waals surface area contributed by atoms with E-state index in [-0.39, 0.29) is 5.75 Å². The number of hydrogen-bond acceptors (Lipinski definition) is 3. The topological polar surface area (TPSA) is 58.6 Å². The van der Waals surface area contributed by atoms with Crippen LogP contribution in [0.4, 0.5) is 4.39 Å². The summed E-state index contributed by atoms with van der Waals surface area (Å²) in [7, 11) is 1.41. The van der Waals surface area contributed by atoms with Gasteiger partial charge in [-0.2, -0.15) is 0 Å². The molecule has 1 atom stereocenters. The van der Waals surface area contributed by atoms with Crippen molar-refractivity contribution in [3.05, 3.63) is 29.6 Å². The average Bonchev–Trinajstić information content (AvgIpc) is 2.38. The molecule has 0 bridgehead atoms. The van der Waals surface area contributed by atoms with Crippen molar-refractivity contribution in [3.63, 3.8) is 0 Å². The van der Waals surface area contributed by atoms with E-state index in [1.807, 2.05) is 6.92 Å². The second-order valence-corrected chi connectivity index (χ2v) is 4.32. The summed E-state index contributed by atoms with van der Waals surface area (Å²) in [6, 6.07) is 4.06. The highest BCUT2D eigenvalue weighted by Gasteiger charge is 2.17. The van der Waals surface area contributed by atoms with Crippen molar-refractivity contribution in [2.75, 3.05) is 13.7 Å². The van der Waals surface area contributed by atoms with Gasteiger partial charge in [-0.3, -0.25) is 4.79 Å². The van der Waals surface area contributed by atoms with Gasteiger partial charge in [-0.15, -0.1) is 0 Å². The first-order valence-electron chi connectivity index (χ1n) is 6.37. The molecule has 2 N–H and O–H groups in total. The van der Waals surface area contributed by atoms with E-state index in [1.54, 1.807) is 12.1 Å². The monoisotopic (exact) mass is 269 g/mol. The minimum Gasteiger partial charge on any atom is -0.493 e. The van der Waals surface area contributed by atoms with Gasteiger partial charge in [0.1, 0.15) is 6.04 Å². The quantitative estimate of drug-likeness (QED) is 0.759. The maximum atomic E-state index is 13.5. The van der Waals surface area contributed by atoms with Gasteiger partial charge in [-0.05, 0) is 37.4 Å². The minimum atomic E-state index is -0.885. The van der Waals surface area contributed by atoms with Crippen LogP contribution < -0.4 is 10.1 Å². The van der Waals surface area contributed by atoms with E-state index >= 15 is 0 Å². The Kier molecular flexibility index (Phi) is 6.29. The summed E-state index contributed by atoms with van der Waals surface area (Å²) in [4.78, 5) is 11.1. The molecule has 5 heteroatoms. The van der Waals surface area contributed by atoms with Gasteiger partial charge in [0.25, 0.3) is 0 Å². The molecule has 0 aromatic heterocycles. The van der Waals surface area contributed by atoms with Gasteiger partial charge in [-0.25, -0.2) is 4.39 Å². The van der Waals surface area contributed by atoms with E-state index < -0.39 is 17.8 Å². The zero-order valence-electron chi connectivity index (χ0n) is 11.3. The van der Waals surface area contributed by atoms with Gasteiger partial charge in [0.15, 0.2) is 11.6 Å². The number of aliphatic carboxylic acids is 1. The summed E-state index contributed by atoms with van der Waals surface area (Å²) < 4.78 is 18.5. The summed E-state index contributed by atoms with van der Waals surface area (Å²) in [5, 5.41) is 12.0. The minimum absolute atomic E-state index is 0.196. The fourth-order valence-electron chi connectivity index (χ4n) is 1.91. The number of hydrogen-bond donors (Lipinski definition) is 2. The van der Waals surface area contributed by atoms with Crippen molar-refractivity contribution in [3.8, 4) is 5.75 Å². The molecule has 1 aromatic rings. The maximum absolute atomic E-state index is 13.5. The highest BCUT2D eigenvalue weighted by atomic mass is 19.1. The number of ether oxygens (including phenoxy) is 1. The molecule has 0 aliphatic carbocycles. The summed E-state index contributed by atoms with van der Waals surface area (Å²) in [5.41, 5.74) is 0.687. The van der Waals surface area contributed by atoms with E-state index in [0.717, 1.165) is 6.42 Å². The lowest BCUT2D eigenvalue weighted by Crippen LogP contribution is -2.37. The molecule has 0 aliphatic rings. The van der Waals surface area contributed by atoms with Crippen LogP contribution in [0.2, 0.25) is 0 Å². The zero-order chi connectivity index (χ0) is 14.3. The molecule has 1 rings (SSSR count). The van der Waals surface area contributed by atoms with Crippen molar-refractivity contribution >= 4 is 5.97 Å². The first-order chi connectivity index (χ1) is 9.10. The third-order valence-electron chi connectivity index (χ3n) is 2.89. The lowest BCUT2D eigenvalue weighted by molar-refractivity contribution is -0.139. The van der Waals surface area contributed by atoms with Crippen molar-refractivity contribution in [1.29, 1.82) is 0 Å². The Bertz CT molecular complexity index is 423. The van der Waals surface area contributed by atoms with E-state index in [0.29, 0.717) is 24.9 Å². The number of para-hydroxylation sites is 1. The van der Waals surface area contributed by atoms with Gasteiger partial charge in [-0.1, -0.05) is 19.1 Å². The van der Waals surface area contributed by atoms with Crippen LogP contribution in [0, 0.1) is 5.82 Å². The first kappa shape index (κ1) is 15.4. The maximum Gasteiger partial charge on any atom is 0.320 e. The second kappa shape index (κ2) is 7.74. The average molecular weight is 269 g/mol. The Morgan fingerprint density at radius 2 is 2.26 bits per heavy atom. The van der Waals surface area contributed by atoms with Crippen LogP contribution in [-0.4, -0.2) is 30.8 Å². The highest BCUT2D eigenvalue weighted by Crippen LogP contribution is 2.23. The Morgan fingerprint density at radius 3 is 2.84 bits per heavy atom. The highest BCUT2D eigenvalue weighted by molar-refractivity contribution is 5.73. The Morgan fingerprint density at radius 1 is 1.53 bits per heavy atom. The van der Waals surface area contributed by atoms with Crippen molar-refractivity contribution in [2.45, 2.75) is 32.2 Å². The van der Waals surface area contributed by atoms with Gasteiger partial charge < -0.3 is 15.2 Å². The molecule has 0 radical (unpaired) electrons. The standard InChI is InChI=1S/C14H20FNO3/c1-3-9-16-12(14(17)18)8-7-10-5-4-6-11(15)13(10)19-2/h4-6,12,16H,3,7-9H2,1-2H3,(H,17,18)/t12-/m1/s1. The molecule has 106 valence electrons. The molecule has 0 saturated carbocycles. The number of nitrogens with one attached hydrogen (secondary N) is 1. The normalized spacial score (nSPS) is 12.2. The SMILES string of the molecule is CCCN[C@H](CCc1cccc(F)c1OC)C(=O)O. The number of rotatable bonds is 8. The number of aryl methyl sites for hydroxylation is 1. The fraction of sp³-hybridized carbons (Fsp3) is 0.500. The second-order valence-electron chi connectivity index (χ2n) is 4.32. The van der Waals surface area contributed by atoms with Crippen molar-refractivity contribution in [1.82, 2.24) is 5.32 Å². The van der Waals surface area contributed by atoms with Crippen molar-refractivity contribution < 1.29 is 19.0 Å². The van der Waals surface area contributed by atoms with Gasteiger partial charge in [0.05, 0.1) is 7.11 Å². The summed E-state index contributed by atoms with van der Waals surface area (Å²) in [5.74, 6) is -1.11. The molecule has 19 heavy (non-hydrogen) atoms. The molecule has 0 spiro atoms. The van der Waals surface area contributed by atoms with E-state index in [9.17, 15) is 9.18 Å². The predicted molar refractivity (Wildman–Crippen MR) is 71.0 cm³/mol. The molecule has 0 amide bonds. The smallest absolute Gasteiger partial charge is 0.320 e. The van der Waals surface area contributed by atoms with Gasteiger partial charge in [0, 0.05) is 0 Å². The first-order valence-corrected chi connectivity index (χ1v) is 6.37. The molecule has 0 unspecified atom stereocenters. The van der Waals surface area contributed by atoms with Crippen LogP contribution in [0.1, 0.15) is 25.3 Å².